The van der Waals surface area contributed by atoms with Crippen molar-refractivity contribution >= 4 is 45.0 Å². The summed E-state index contributed by atoms with van der Waals surface area (Å²) in [6, 6.07) is 7.60. The summed E-state index contributed by atoms with van der Waals surface area (Å²) in [5.74, 6) is 1.66. The van der Waals surface area contributed by atoms with Crippen LogP contribution in [0.4, 0.5) is 11.6 Å². The van der Waals surface area contributed by atoms with E-state index in [1.165, 1.54) is 0 Å². The second kappa shape index (κ2) is 8.09. The Morgan fingerprint density at radius 2 is 1.96 bits per heavy atom. The van der Waals surface area contributed by atoms with Gasteiger partial charge in [-0.05, 0) is 47.3 Å². The fraction of sp³-hybridized carbons (Fsp3) is 0.211. The van der Waals surface area contributed by atoms with Gasteiger partial charge in [-0.2, -0.15) is 5.10 Å². The number of halogens is 1. The molecule has 0 aromatic carbocycles. The Hall–Kier alpha value is -3.06. The average Bonchev–Trinajstić information content (AvgIpc) is 2.65. The molecule has 0 saturated carbocycles. The van der Waals surface area contributed by atoms with E-state index in [0.717, 1.165) is 16.6 Å². The molecule has 0 aliphatic heterocycles. The molecule has 7 nitrogen and oxygen atoms in total. The van der Waals surface area contributed by atoms with Crippen molar-refractivity contribution in [3.8, 4) is 0 Å². The molecular formula is C19H21ClN7+. The van der Waals surface area contributed by atoms with Crippen LogP contribution in [0, 0.1) is 0 Å². The summed E-state index contributed by atoms with van der Waals surface area (Å²) in [7, 11) is 1.78. The van der Waals surface area contributed by atoms with E-state index in [4.69, 9.17) is 17.0 Å². The maximum atomic E-state index is 6.00. The molecule has 0 aliphatic carbocycles. The Kier molecular flexibility index (Phi) is 5.61. The maximum Gasteiger partial charge on any atom is 0.275 e. The fourth-order valence-electron chi connectivity index (χ4n) is 2.55. The molecule has 3 rings (SSSR count). The SMILES string of the molecule is CN/C=C(\C(=[NH2+])Cl)c1cnc2ccc(Nc3cc(C(C)C)cnn3)nc2c1. The van der Waals surface area contributed by atoms with E-state index in [0.29, 0.717) is 28.6 Å². The third kappa shape index (κ3) is 4.38. The van der Waals surface area contributed by atoms with Crippen LogP contribution >= 0.6 is 11.6 Å². The zero-order valence-corrected chi connectivity index (χ0v) is 16.1. The van der Waals surface area contributed by atoms with Gasteiger partial charge in [0.1, 0.15) is 5.82 Å². The zero-order chi connectivity index (χ0) is 19.4. The normalized spacial score (nSPS) is 11.7. The molecule has 0 unspecified atom stereocenters. The number of rotatable bonds is 6. The lowest BCUT2D eigenvalue weighted by molar-refractivity contribution is -0.106. The molecular weight excluding hydrogens is 362 g/mol. The summed E-state index contributed by atoms with van der Waals surface area (Å²) in [6.07, 6.45) is 5.20. The van der Waals surface area contributed by atoms with Crippen LogP contribution in [0.2, 0.25) is 0 Å². The van der Waals surface area contributed by atoms with E-state index in [2.05, 4.69) is 44.6 Å². The Bertz CT molecular complexity index is 1010. The van der Waals surface area contributed by atoms with Crippen LogP contribution in [0.3, 0.4) is 0 Å². The molecule has 138 valence electrons. The first-order valence-electron chi connectivity index (χ1n) is 8.50. The van der Waals surface area contributed by atoms with Crippen molar-refractivity contribution in [3.63, 3.8) is 0 Å². The lowest BCUT2D eigenvalue weighted by Gasteiger charge is -2.09. The molecule has 0 fully saturated rings. The number of pyridine rings is 2. The molecule has 0 radical (unpaired) electrons. The van der Waals surface area contributed by atoms with Gasteiger partial charge < -0.3 is 10.6 Å². The number of allylic oxidation sites excluding steroid dienone is 1. The molecule has 4 N–H and O–H groups in total. The summed E-state index contributed by atoms with van der Waals surface area (Å²) >= 11 is 6.00. The first kappa shape index (κ1) is 18.7. The van der Waals surface area contributed by atoms with Gasteiger partial charge in [0.2, 0.25) is 0 Å². The molecule has 3 aromatic heterocycles. The molecule has 0 bridgehead atoms. The number of nitrogens with two attached hydrogens (primary N) is 1. The monoisotopic (exact) mass is 382 g/mol. The Labute approximate surface area is 162 Å². The van der Waals surface area contributed by atoms with Crippen molar-refractivity contribution in [2.75, 3.05) is 12.4 Å². The van der Waals surface area contributed by atoms with Gasteiger partial charge in [-0.3, -0.25) is 4.98 Å². The van der Waals surface area contributed by atoms with Gasteiger partial charge in [0.15, 0.2) is 5.82 Å². The number of anilines is 2. The van der Waals surface area contributed by atoms with Gasteiger partial charge in [-0.1, -0.05) is 13.8 Å². The van der Waals surface area contributed by atoms with E-state index in [-0.39, 0.29) is 5.17 Å². The van der Waals surface area contributed by atoms with E-state index in [1.807, 2.05) is 24.3 Å². The summed E-state index contributed by atoms with van der Waals surface area (Å²) in [4.78, 5) is 9.06. The zero-order valence-electron chi connectivity index (χ0n) is 15.4. The van der Waals surface area contributed by atoms with Crippen molar-refractivity contribution in [1.29, 1.82) is 0 Å². The highest BCUT2D eigenvalue weighted by atomic mass is 35.5. The maximum absolute atomic E-state index is 6.00. The Morgan fingerprint density at radius 3 is 2.67 bits per heavy atom. The predicted octanol–water partition coefficient (Wildman–Crippen LogP) is 2.24. The molecule has 3 aromatic rings. The van der Waals surface area contributed by atoms with E-state index < -0.39 is 0 Å². The molecule has 0 atom stereocenters. The minimum Gasteiger partial charge on any atom is -0.393 e. The van der Waals surface area contributed by atoms with Crippen molar-refractivity contribution in [2.45, 2.75) is 19.8 Å². The van der Waals surface area contributed by atoms with Gasteiger partial charge in [-0.15, -0.1) is 5.10 Å². The van der Waals surface area contributed by atoms with Crippen molar-refractivity contribution in [1.82, 2.24) is 25.5 Å². The minimum absolute atomic E-state index is 0.181. The molecule has 0 saturated heterocycles. The van der Waals surface area contributed by atoms with Crippen LogP contribution < -0.4 is 16.0 Å². The molecule has 0 amide bonds. The first-order valence-corrected chi connectivity index (χ1v) is 8.88. The van der Waals surface area contributed by atoms with Crippen LogP contribution in [-0.4, -0.2) is 32.4 Å². The Balaban J connectivity index is 1.95. The largest absolute Gasteiger partial charge is 0.393 e. The van der Waals surface area contributed by atoms with Gasteiger partial charge in [0.25, 0.3) is 5.17 Å². The number of hydrogen-bond donors (Lipinski definition) is 3. The second-order valence-electron chi connectivity index (χ2n) is 6.31. The number of nitrogens with one attached hydrogen (secondary N) is 2. The average molecular weight is 383 g/mol. The second-order valence-corrected chi connectivity index (χ2v) is 6.71. The summed E-state index contributed by atoms with van der Waals surface area (Å²) in [5.41, 5.74) is 4.01. The number of aromatic nitrogens is 4. The minimum atomic E-state index is 0.181. The lowest BCUT2D eigenvalue weighted by Crippen LogP contribution is -2.36. The van der Waals surface area contributed by atoms with Crippen LogP contribution in [0.25, 0.3) is 16.6 Å². The molecule has 8 heteroatoms. The number of fused-ring (bicyclic) bond motifs is 1. The van der Waals surface area contributed by atoms with Gasteiger partial charge in [0, 0.05) is 25.0 Å². The third-order valence-corrected chi connectivity index (χ3v) is 4.20. The van der Waals surface area contributed by atoms with E-state index in [1.54, 1.807) is 25.6 Å². The molecule has 0 aliphatic rings. The van der Waals surface area contributed by atoms with E-state index >= 15 is 0 Å². The smallest absolute Gasteiger partial charge is 0.275 e. The summed E-state index contributed by atoms with van der Waals surface area (Å²) in [6.45, 7) is 4.22. The molecule has 27 heavy (non-hydrogen) atoms. The van der Waals surface area contributed by atoms with Gasteiger partial charge in [-0.25, -0.2) is 10.4 Å². The van der Waals surface area contributed by atoms with Crippen LogP contribution in [0.15, 0.2) is 42.9 Å². The first-order chi connectivity index (χ1) is 13.0. The van der Waals surface area contributed by atoms with E-state index in [9.17, 15) is 0 Å². The van der Waals surface area contributed by atoms with Crippen molar-refractivity contribution < 1.29 is 5.41 Å². The van der Waals surface area contributed by atoms with Crippen LogP contribution in [0.1, 0.15) is 30.9 Å². The fourth-order valence-corrected chi connectivity index (χ4v) is 2.71. The highest BCUT2D eigenvalue weighted by Crippen LogP contribution is 2.22. The molecule has 0 spiro atoms. The standard InChI is InChI=1S/C19H20ClN7/c1-11(2)12-7-18(27-24-9-12)26-17-5-4-15-16(25-17)6-13(8-23-15)14(10-22-3)19(20)21/h4-11,21-22H,1-3H3,(H,25,26,27)/p+1/b14-10-,21-19?. The van der Waals surface area contributed by atoms with Crippen LogP contribution in [0.5, 0.6) is 0 Å². The van der Waals surface area contributed by atoms with Gasteiger partial charge in [0.05, 0.1) is 22.8 Å². The third-order valence-electron chi connectivity index (χ3n) is 3.99. The number of hydrogen-bond acceptors (Lipinski definition) is 6. The number of nitrogens with zero attached hydrogens (tertiary/aromatic N) is 4. The molecule has 3 heterocycles. The quantitative estimate of drug-likeness (QED) is 0.565. The summed E-state index contributed by atoms with van der Waals surface area (Å²) in [5, 5.41) is 20.2. The summed E-state index contributed by atoms with van der Waals surface area (Å²) < 4.78 is 0. The predicted molar refractivity (Wildman–Crippen MR) is 109 cm³/mol. The lowest BCUT2D eigenvalue weighted by atomic mass is 10.1. The topological polar surface area (TPSA) is 101 Å². The highest BCUT2D eigenvalue weighted by Gasteiger charge is 2.12. The Morgan fingerprint density at radius 1 is 1.15 bits per heavy atom. The van der Waals surface area contributed by atoms with Crippen LogP contribution in [-0.2, 0) is 0 Å². The highest BCUT2D eigenvalue weighted by molar-refractivity contribution is 6.74. The van der Waals surface area contributed by atoms with Gasteiger partial charge >= 0.3 is 0 Å². The van der Waals surface area contributed by atoms with Crippen molar-refractivity contribution in [2.24, 2.45) is 0 Å². The van der Waals surface area contributed by atoms with Crippen molar-refractivity contribution in [3.05, 3.63) is 54.0 Å².